The highest BCUT2D eigenvalue weighted by molar-refractivity contribution is 7.11. The van der Waals surface area contributed by atoms with Crippen LogP contribution >= 0.6 is 11.3 Å². The molecule has 2 aromatic rings. The first-order valence-corrected chi connectivity index (χ1v) is 9.61. The molecule has 0 aliphatic heterocycles. The third-order valence-corrected chi connectivity index (χ3v) is 4.61. The van der Waals surface area contributed by atoms with Gasteiger partial charge in [0.1, 0.15) is 10.8 Å². The number of aliphatic imine (C=N–C) groups is 1. The van der Waals surface area contributed by atoms with Gasteiger partial charge in [0, 0.05) is 31.2 Å². The van der Waals surface area contributed by atoms with Crippen molar-refractivity contribution in [2.45, 2.75) is 26.4 Å². The molecule has 0 unspecified atom stereocenters. The standard InChI is InChI=1S/C19H29N5OS/c1-15-12-21-18(26-15)14-23-19(20-2)22-13-16-6-8-17(9-7-16)25-11-5-10-24(3)4/h6-9,12H,5,10-11,13-14H2,1-4H3,(H2,20,22,23). The summed E-state index contributed by atoms with van der Waals surface area (Å²) in [6, 6.07) is 8.18. The van der Waals surface area contributed by atoms with Crippen LogP contribution in [0.2, 0.25) is 0 Å². The summed E-state index contributed by atoms with van der Waals surface area (Å²) in [7, 11) is 5.91. The summed E-state index contributed by atoms with van der Waals surface area (Å²) in [6.07, 6.45) is 2.92. The number of guanidine groups is 1. The predicted molar refractivity (Wildman–Crippen MR) is 109 cm³/mol. The summed E-state index contributed by atoms with van der Waals surface area (Å²) < 4.78 is 5.76. The Bertz CT molecular complexity index is 681. The van der Waals surface area contributed by atoms with Crippen LogP contribution in [0.4, 0.5) is 0 Å². The zero-order chi connectivity index (χ0) is 18.8. The maximum atomic E-state index is 5.76. The van der Waals surface area contributed by atoms with E-state index < -0.39 is 0 Å². The molecule has 0 radical (unpaired) electrons. The minimum Gasteiger partial charge on any atom is -0.494 e. The van der Waals surface area contributed by atoms with Crippen molar-refractivity contribution in [2.75, 3.05) is 34.3 Å². The maximum Gasteiger partial charge on any atom is 0.191 e. The van der Waals surface area contributed by atoms with Crippen LogP contribution in [-0.2, 0) is 13.1 Å². The molecule has 26 heavy (non-hydrogen) atoms. The van der Waals surface area contributed by atoms with Gasteiger partial charge >= 0.3 is 0 Å². The molecule has 0 amide bonds. The number of ether oxygens (including phenoxy) is 1. The van der Waals surface area contributed by atoms with Gasteiger partial charge in [0.05, 0.1) is 13.2 Å². The molecule has 0 fully saturated rings. The normalized spacial score (nSPS) is 11.7. The van der Waals surface area contributed by atoms with Crippen molar-refractivity contribution in [3.8, 4) is 5.75 Å². The van der Waals surface area contributed by atoms with E-state index in [-0.39, 0.29) is 0 Å². The zero-order valence-corrected chi connectivity index (χ0v) is 16.9. The Labute approximate surface area is 160 Å². The number of rotatable bonds is 9. The summed E-state index contributed by atoms with van der Waals surface area (Å²) in [4.78, 5) is 12.0. The topological polar surface area (TPSA) is 61.8 Å². The second-order valence-corrected chi connectivity index (χ2v) is 7.61. The van der Waals surface area contributed by atoms with E-state index in [4.69, 9.17) is 4.74 Å². The molecule has 6 nitrogen and oxygen atoms in total. The van der Waals surface area contributed by atoms with Crippen LogP contribution in [0, 0.1) is 6.92 Å². The molecule has 7 heteroatoms. The molecular weight excluding hydrogens is 346 g/mol. The van der Waals surface area contributed by atoms with Crippen LogP contribution in [-0.4, -0.2) is 50.1 Å². The SMILES string of the molecule is CN=C(NCc1ccc(OCCCN(C)C)cc1)NCc1ncc(C)s1. The van der Waals surface area contributed by atoms with Crippen LogP contribution in [0.5, 0.6) is 5.75 Å². The first kappa shape index (κ1) is 20.2. The molecule has 0 atom stereocenters. The molecule has 1 heterocycles. The predicted octanol–water partition coefficient (Wildman–Crippen LogP) is 2.65. The molecule has 0 bridgehead atoms. The molecule has 0 saturated heterocycles. The second kappa shape index (κ2) is 10.8. The molecule has 1 aromatic heterocycles. The number of hydrogen-bond donors (Lipinski definition) is 2. The Morgan fingerprint density at radius 1 is 1.19 bits per heavy atom. The Morgan fingerprint density at radius 2 is 1.92 bits per heavy atom. The fraction of sp³-hybridized carbons (Fsp3) is 0.474. The Morgan fingerprint density at radius 3 is 2.54 bits per heavy atom. The van der Waals surface area contributed by atoms with Crippen LogP contribution in [0.25, 0.3) is 0 Å². The van der Waals surface area contributed by atoms with E-state index in [1.165, 1.54) is 10.4 Å². The van der Waals surface area contributed by atoms with Gasteiger partial charge in [-0.3, -0.25) is 4.99 Å². The Balaban J connectivity index is 1.71. The van der Waals surface area contributed by atoms with Crippen molar-refractivity contribution >= 4 is 17.3 Å². The van der Waals surface area contributed by atoms with E-state index in [1.54, 1.807) is 18.4 Å². The third kappa shape index (κ3) is 7.41. The average molecular weight is 376 g/mol. The highest BCUT2D eigenvalue weighted by Gasteiger charge is 2.02. The molecule has 0 aliphatic carbocycles. The lowest BCUT2D eigenvalue weighted by atomic mass is 10.2. The summed E-state index contributed by atoms with van der Waals surface area (Å²) in [5.41, 5.74) is 1.18. The van der Waals surface area contributed by atoms with Gasteiger partial charge in [0.2, 0.25) is 0 Å². The van der Waals surface area contributed by atoms with Gasteiger partial charge in [-0.15, -0.1) is 11.3 Å². The molecule has 2 N–H and O–H groups in total. The van der Waals surface area contributed by atoms with Crippen LogP contribution in [0.1, 0.15) is 21.9 Å². The second-order valence-electron chi connectivity index (χ2n) is 6.29. The van der Waals surface area contributed by atoms with E-state index in [2.05, 4.69) is 58.7 Å². The number of thiazole rings is 1. The van der Waals surface area contributed by atoms with Crippen molar-refractivity contribution in [1.29, 1.82) is 0 Å². The number of nitrogens with zero attached hydrogens (tertiary/aromatic N) is 3. The highest BCUT2D eigenvalue weighted by atomic mass is 32.1. The number of nitrogens with one attached hydrogen (secondary N) is 2. The third-order valence-electron chi connectivity index (χ3n) is 3.70. The van der Waals surface area contributed by atoms with Crippen molar-refractivity contribution in [1.82, 2.24) is 20.5 Å². The summed E-state index contributed by atoms with van der Waals surface area (Å²) >= 11 is 1.69. The van der Waals surface area contributed by atoms with Gasteiger partial charge in [0.15, 0.2) is 5.96 Å². The fourth-order valence-electron chi connectivity index (χ4n) is 2.32. The lowest BCUT2D eigenvalue weighted by molar-refractivity contribution is 0.281. The zero-order valence-electron chi connectivity index (χ0n) is 16.1. The first-order valence-electron chi connectivity index (χ1n) is 8.79. The van der Waals surface area contributed by atoms with Gasteiger partial charge < -0.3 is 20.3 Å². The van der Waals surface area contributed by atoms with E-state index >= 15 is 0 Å². The highest BCUT2D eigenvalue weighted by Crippen LogP contribution is 2.13. The van der Waals surface area contributed by atoms with Crippen LogP contribution in [0.15, 0.2) is 35.5 Å². The molecule has 0 aliphatic rings. The molecule has 1 aromatic carbocycles. The van der Waals surface area contributed by atoms with Crippen molar-refractivity contribution in [3.63, 3.8) is 0 Å². The lowest BCUT2D eigenvalue weighted by Gasteiger charge is -2.12. The van der Waals surface area contributed by atoms with Gasteiger partial charge in [0.25, 0.3) is 0 Å². The Kier molecular flexibility index (Phi) is 8.37. The quantitative estimate of drug-likeness (QED) is 0.401. The first-order chi connectivity index (χ1) is 12.6. The number of benzene rings is 1. The van der Waals surface area contributed by atoms with Gasteiger partial charge in [-0.1, -0.05) is 12.1 Å². The van der Waals surface area contributed by atoms with Crippen molar-refractivity contribution in [2.24, 2.45) is 4.99 Å². The fourth-order valence-corrected chi connectivity index (χ4v) is 3.05. The summed E-state index contributed by atoms with van der Waals surface area (Å²) in [6.45, 7) is 5.22. The monoisotopic (exact) mass is 375 g/mol. The maximum absolute atomic E-state index is 5.76. The van der Waals surface area contributed by atoms with Crippen molar-refractivity contribution in [3.05, 3.63) is 45.9 Å². The van der Waals surface area contributed by atoms with Gasteiger partial charge in [-0.05, 0) is 45.1 Å². The molecular formula is C19H29N5OS. The summed E-state index contributed by atoms with van der Waals surface area (Å²) in [5.74, 6) is 1.68. The largest absolute Gasteiger partial charge is 0.494 e. The summed E-state index contributed by atoms with van der Waals surface area (Å²) in [5, 5.41) is 7.66. The van der Waals surface area contributed by atoms with Crippen LogP contribution < -0.4 is 15.4 Å². The molecule has 142 valence electrons. The Hall–Kier alpha value is -2.12. The van der Waals surface area contributed by atoms with E-state index in [0.29, 0.717) is 13.1 Å². The van der Waals surface area contributed by atoms with E-state index in [1.807, 2.05) is 18.3 Å². The van der Waals surface area contributed by atoms with E-state index in [0.717, 1.165) is 36.3 Å². The van der Waals surface area contributed by atoms with Gasteiger partial charge in [-0.2, -0.15) is 0 Å². The number of aryl methyl sites for hydroxylation is 1. The molecule has 0 spiro atoms. The average Bonchev–Trinajstić information content (AvgIpc) is 3.05. The van der Waals surface area contributed by atoms with Crippen LogP contribution in [0.3, 0.4) is 0 Å². The van der Waals surface area contributed by atoms with Crippen molar-refractivity contribution < 1.29 is 4.74 Å². The minimum absolute atomic E-state index is 0.678. The molecule has 0 saturated carbocycles. The lowest BCUT2D eigenvalue weighted by Crippen LogP contribution is -2.36. The van der Waals surface area contributed by atoms with Gasteiger partial charge in [-0.25, -0.2) is 4.98 Å². The minimum atomic E-state index is 0.678. The number of aromatic nitrogens is 1. The smallest absolute Gasteiger partial charge is 0.191 e. The van der Waals surface area contributed by atoms with E-state index in [9.17, 15) is 0 Å². The number of hydrogen-bond acceptors (Lipinski definition) is 5. The molecule has 2 rings (SSSR count).